The highest BCUT2D eigenvalue weighted by molar-refractivity contribution is 5.83. The number of morpholine rings is 1. The maximum atomic E-state index is 12.8. The van der Waals surface area contributed by atoms with Crippen molar-refractivity contribution in [3.8, 4) is 0 Å². The molecule has 3 atom stereocenters. The van der Waals surface area contributed by atoms with E-state index in [-0.39, 0.29) is 18.2 Å². The third-order valence-electron chi connectivity index (χ3n) is 4.44. The number of nitrogens with zero attached hydrogens (tertiary/aromatic N) is 2. The number of carbonyl (C=O) groups is 2. The fraction of sp³-hybridized carbons (Fsp3) is 0.867. The first-order valence-corrected chi connectivity index (χ1v) is 7.66. The van der Waals surface area contributed by atoms with Crippen molar-refractivity contribution in [1.82, 2.24) is 9.80 Å². The molecule has 0 aromatic heterocycles. The van der Waals surface area contributed by atoms with Gasteiger partial charge in [-0.05, 0) is 32.1 Å². The molecule has 0 aliphatic carbocycles. The van der Waals surface area contributed by atoms with Gasteiger partial charge in [-0.15, -0.1) is 0 Å². The van der Waals surface area contributed by atoms with Gasteiger partial charge in [0, 0.05) is 19.6 Å². The Morgan fingerprint density at radius 3 is 2.29 bits per heavy atom. The van der Waals surface area contributed by atoms with Crippen LogP contribution in [-0.4, -0.2) is 64.8 Å². The second kappa shape index (κ2) is 5.83. The van der Waals surface area contributed by atoms with Crippen molar-refractivity contribution in [3.63, 3.8) is 0 Å². The first kappa shape index (κ1) is 16.1. The molecule has 1 unspecified atom stereocenters. The van der Waals surface area contributed by atoms with Gasteiger partial charge in [0.2, 0.25) is 0 Å². The maximum Gasteiger partial charge on any atom is 0.327 e. The monoisotopic (exact) mass is 298 g/mol. The fourth-order valence-corrected chi connectivity index (χ4v) is 3.58. The van der Waals surface area contributed by atoms with Crippen LogP contribution in [0.5, 0.6) is 0 Å². The Kier molecular flexibility index (Phi) is 4.46. The largest absolute Gasteiger partial charge is 0.480 e. The lowest BCUT2D eigenvalue weighted by atomic mass is 9.76. The van der Waals surface area contributed by atoms with Gasteiger partial charge in [-0.3, -0.25) is 0 Å². The maximum absolute atomic E-state index is 12.8. The number of hydrogen-bond acceptors (Lipinski definition) is 3. The standard InChI is InChI=1S/C15H26N2O4/c1-10-8-16(9-11(2)21-10)14(20)17-7-5-6-15(3,4)12(17)13(18)19/h10-12H,5-9H2,1-4H3,(H,18,19)/t10-,11+,12?. The Morgan fingerprint density at radius 1 is 1.19 bits per heavy atom. The van der Waals surface area contributed by atoms with Crippen molar-refractivity contribution in [2.75, 3.05) is 19.6 Å². The Bertz CT molecular complexity index is 414. The summed E-state index contributed by atoms with van der Waals surface area (Å²) >= 11 is 0. The minimum Gasteiger partial charge on any atom is -0.480 e. The zero-order valence-electron chi connectivity index (χ0n) is 13.3. The molecule has 0 bridgehead atoms. The lowest BCUT2D eigenvalue weighted by molar-refractivity contribution is -0.149. The predicted molar refractivity (Wildman–Crippen MR) is 78.1 cm³/mol. The molecule has 6 nitrogen and oxygen atoms in total. The van der Waals surface area contributed by atoms with E-state index in [4.69, 9.17) is 4.74 Å². The first-order chi connectivity index (χ1) is 9.72. The van der Waals surface area contributed by atoms with E-state index < -0.39 is 17.4 Å². The van der Waals surface area contributed by atoms with Gasteiger partial charge in [0.25, 0.3) is 0 Å². The lowest BCUT2D eigenvalue weighted by Crippen LogP contribution is -2.61. The van der Waals surface area contributed by atoms with Crippen molar-refractivity contribution in [2.45, 2.75) is 58.8 Å². The van der Waals surface area contributed by atoms with Gasteiger partial charge < -0.3 is 19.6 Å². The number of carboxylic acid groups (broad SMARTS) is 1. The van der Waals surface area contributed by atoms with Crippen LogP contribution in [0.3, 0.4) is 0 Å². The van der Waals surface area contributed by atoms with Crippen molar-refractivity contribution in [2.24, 2.45) is 5.41 Å². The summed E-state index contributed by atoms with van der Waals surface area (Å²) in [5.74, 6) is -0.914. The van der Waals surface area contributed by atoms with Crippen LogP contribution in [0.2, 0.25) is 0 Å². The van der Waals surface area contributed by atoms with Gasteiger partial charge in [-0.2, -0.15) is 0 Å². The average Bonchev–Trinajstić information content (AvgIpc) is 2.34. The highest BCUT2D eigenvalue weighted by Gasteiger charge is 2.46. The summed E-state index contributed by atoms with van der Waals surface area (Å²) in [7, 11) is 0. The van der Waals surface area contributed by atoms with E-state index in [0.717, 1.165) is 12.8 Å². The van der Waals surface area contributed by atoms with Crippen LogP contribution in [0, 0.1) is 5.41 Å². The molecule has 2 saturated heterocycles. The number of likely N-dealkylation sites (tertiary alicyclic amines) is 1. The van der Waals surface area contributed by atoms with Crippen LogP contribution in [0.4, 0.5) is 4.79 Å². The van der Waals surface area contributed by atoms with Crippen LogP contribution < -0.4 is 0 Å². The van der Waals surface area contributed by atoms with Gasteiger partial charge in [0.1, 0.15) is 6.04 Å². The molecule has 0 radical (unpaired) electrons. The molecule has 6 heteroatoms. The van der Waals surface area contributed by atoms with E-state index in [1.54, 1.807) is 4.90 Å². The molecular weight excluding hydrogens is 272 g/mol. The number of carbonyl (C=O) groups excluding carboxylic acids is 1. The quantitative estimate of drug-likeness (QED) is 0.801. The molecule has 120 valence electrons. The summed E-state index contributed by atoms with van der Waals surface area (Å²) in [6.07, 6.45) is 1.64. The number of aliphatic carboxylic acids is 1. The summed E-state index contributed by atoms with van der Waals surface area (Å²) in [4.78, 5) is 27.7. The minimum atomic E-state index is -0.914. The molecular formula is C15H26N2O4. The molecule has 2 aliphatic rings. The number of ether oxygens (including phenoxy) is 1. The van der Waals surface area contributed by atoms with Crippen molar-refractivity contribution < 1.29 is 19.4 Å². The number of amides is 2. The number of piperidine rings is 1. The van der Waals surface area contributed by atoms with Crippen LogP contribution >= 0.6 is 0 Å². The highest BCUT2D eigenvalue weighted by atomic mass is 16.5. The topological polar surface area (TPSA) is 70.1 Å². The van der Waals surface area contributed by atoms with Gasteiger partial charge in [0.15, 0.2) is 0 Å². The summed E-state index contributed by atoms with van der Waals surface area (Å²) < 4.78 is 5.64. The van der Waals surface area contributed by atoms with E-state index in [0.29, 0.717) is 19.6 Å². The molecule has 2 amide bonds. The van der Waals surface area contributed by atoms with Gasteiger partial charge >= 0.3 is 12.0 Å². The average molecular weight is 298 g/mol. The Hall–Kier alpha value is -1.30. The summed E-state index contributed by atoms with van der Waals surface area (Å²) in [6.45, 7) is 9.28. The van der Waals surface area contributed by atoms with E-state index >= 15 is 0 Å². The number of rotatable bonds is 1. The number of hydrogen-bond donors (Lipinski definition) is 1. The second-order valence-corrected chi connectivity index (χ2v) is 6.97. The molecule has 0 saturated carbocycles. The molecule has 2 aliphatic heterocycles. The Balaban J connectivity index is 2.18. The van der Waals surface area contributed by atoms with E-state index in [2.05, 4.69) is 0 Å². The molecule has 1 N–H and O–H groups in total. The molecule has 21 heavy (non-hydrogen) atoms. The fourth-order valence-electron chi connectivity index (χ4n) is 3.58. The third-order valence-corrected chi connectivity index (χ3v) is 4.44. The van der Waals surface area contributed by atoms with Gasteiger partial charge in [-0.1, -0.05) is 13.8 Å². The first-order valence-electron chi connectivity index (χ1n) is 7.66. The zero-order valence-corrected chi connectivity index (χ0v) is 13.3. The smallest absolute Gasteiger partial charge is 0.327 e. The van der Waals surface area contributed by atoms with Gasteiger partial charge in [-0.25, -0.2) is 9.59 Å². The Labute approximate surface area is 126 Å². The zero-order chi connectivity index (χ0) is 15.8. The third kappa shape index (κ3) is 3.31. The second-order valence-electron chi connectivity index (χ2n) is 6.97. The Morgan fingerprint density at radius 2 is 1.76 bits per heavy atom. The van der Waals surface area contributed by atoms with Crippen LogP contribution in [-0.2, 0) is 9.53 Å². The van der Waals surface area contributed by atoms with Gasteiger partial charge in [0.05, 0.1) is 12.2 Å². The van der Waals surface area contributed by atoms with Crippen LogP contribution in [0.1, 0.15) is 40.5 Å². The SMILES string of the molecule is C[C@@H]1CN(C(=O)N2CCCC(C)(C)C2C(=O)O)C[C@H](C)O1. The minimum absolute atomic E-state index is 0.0150. The van der Waals surface area contributed by atoms with Crippen molar-refractivity contribution in [1.29, 1.82) is 0 Å². The molecule has 0 aromatic rings. The normalized spacial score (nSPS) is 32.9. The van der Waals surface area contributed by atoms with Crippen LogP contribution in [0.15, 0.2) is 0 Å². The van der Waals surface area contributed by atoms with Crippen molar-refractivity contribution >= 4 is 12.0 Å². The van der Waals surface area contributed by atoms with Crippen molar-refractivity contribution in [3.05, 3.63) is 0 Å². The van der Waals surface area contributed by atoms with E-state index in [9.17, 15) is 14.7 Å². The van der Waals surface area contributed by atoms with E-state index in [1.165, 1.54) is 4.90 Å². The molecule has 2 rings (SSSR count). The summed E-state index contributed by atoms with van der Waals surface area (Å²) in [5.41, 5.74) is -0.400. The molecule has 0 aromatic carbocycles. The molecule has 2 fully saturated rings. The summed E-state index contributed by atoms with van der Waals surface area (Å²) in [6, 6.07) is -0.926. The number of carboxylic acids is 1. The lowest BCUT2D eigenvalue weighted by Gasteiger charge is -2.46. The number of urea groups is 1. The molecule has 0 spiro atoms. The van der Waals surface area contributed by atoms with E-state index in [1.807, 2.05) is 27.7 Å². The highest BCUT2D eigenvalue weighted by Crippen LogP contribution is 2.36. The summed E-state index contributed by atoms with van der Waals surface area (Å²) in [5, 5.41) is 9.56. The molecule has 2 heterocycles. The van der Waals surface area contributed by atoms with Crippen LogP contribution in [0.25, 0.3) is 0 Å². The predicted octanol–water partition coefficient (Wildman–Crippen LogP) is 1.79.